The minimum absolute atomic E-state index is 0.347. The summed E-state index contributed by atoms with van der Waals surface area (Å²) in [6.07, 6.45) is -29.6. The third kappa shape index (κ3) is 8.21. The predicted molar refractivity (Wildman–Crippen MR) is 160 cm³/mol. The zero-order valence-corrected chi connectivity index (χ0v) is 27.8. The number of nitrogens with one attached hydrogen (secondary N) is 1. The predicted octanol–water partition coefficient (Wildman–Crippen LogP) is -6.30. The Balaban J connectivity index is 1.53. The molecule has 0 aliphatic carbocycles. The number of likely N-dealkylation sites (N-methyl/N-ethyl adjacent to an activating group) is 1. The summed E-state index contributed by atoms with van der Waals surface area (Å²) in [5.74, 6) is -8.18. The molecule has 0 radical (unpaired) electrons. The number of carboxylic acids is 2. The SMILES string of the molecule is CNC(=O)C1OC(CC2C(C=O)OC(OC)C(O)C2O)C(O)C(O)C1CC1OC(C(=O)O)C(CC2OC(C(=O)O)C(OC)C(O)C2O)C(O)C1O. The van der Waals surface area contributed by atoms with Gasteiger partial charge in [0.05, 0.1) is 36.6 Å². The molecule has 0 saturated carbocycles. The van der Waals surface area contributed by atoms with E-state index in [1.54, 1.807) is 0 Å². The number of methoxy groups -OCH3 is 2. The van der Waals surface area contributed by atoms with Crippen LogP contribution in [0.15, 0.2) is 0 Å². The van der Waals surface area contributed by atoms with Crippen LogP contribution in [0.2, 0.25) is 0 Å². The molecule has 11 N–H and O–H groups in total. The number of hydrogen-bond acceptors (Lipinski definition) is 18. The van der Waals surface area contributed by atoms with Crippen LogP contribution in [0, 0.1) is 17.8 Å². The molecule has 51 heavy (non-hydrogen) atoms. The standard InChI is InChI=1S/C30H47NO20/c1-31-27(41)23-9(16(34)18(36)11(48-23)4-8-14(7-32)51-30(47-3)22(40)15(8)33)5-12-19(37)17(35)10(24(49-12)28(42)43)6-13-20(38)21(39)25(46-2)26(50-13)29(44)45/h7-26,30,33-40H,4-6H2,1-3H3,(H,31,41)(H,42,43)(H,44,45). The molecule has 4 aliphatic rings. The number of aldehydes is 1. The number of hydrogen-bond donors (Lipinski definition) is 11. The summed E-state index contributed by atoms with van der Waals surface area (Å²) in [6.45, 7) is 0. The highest BCUT2D eigenvalue weighted by atomic mass is 16.7. The molecule has 0 bridgehead atoms. The van der Waals surface area contributed by atoms with E-state index in [9.17, 15) is 70.2 Å². The fourth-order valence-electron chi connectivity index (χ4n) is 7.55. The molecule has 0 aromatic rings. The van der Waals surface area contributed by atoms with Crippen molar-refractivity contribution in [3.05, 3.63) is 0 Å². The van der Waals surface area contributed by atoms with Gasteiger partial charge in [0, 0.05) is 39.0 Å². The molecule has 0 aromatic heterocycles. The first-order valence-electron chi connectivity index (χ1n) is 16.3. The Morgan fingerprint density at radius 1 is 0.588 bits per heavy atom. The van der Waals surface area contributed by atoms with Gasteiger partial charge in [0.25, 0.3) is 0 Å². The van der Waals surface area contributed by atoms with Crippen molar-refractivity contribution in [2.45, 2.75) is 123 Å². The highest BCUT2D eigenvalue weighted by Crippen LogP contribution is 2.40. The Labute approximate surface area is 290 Å². The summed E-state index contributed by atoms with van der Waals surface area (Å²) in [4.78, 5) is 48.9. The van der Waals surface area contributed by atoms with Crippen molar-refractivity contribution in [2.75, 3.05) is 21.3 Å². The summed E-state index contributed by atoms with van der Waals surface area (Å²) in [6, 6.07) is 0. The second-order valence-electron chi connectivity index (χ2n) is 13.2. The molecular weight excluding hydrogens is 694 g/mol. The summed E-state index contributed by atoms with van der Waals surface area (Å²) in [5, 5.41) is 109. The van der Waals surface area contributed by atoms with Crippen LogP contribution < -0.4 is 5.32 Å². The van der Waals surface area contributed by atoms with Crippen LogP contribution in [0.4, 0.5) is 0 Å². The first-order valence-corrected chi connectivity index (χ1v) is 16.3. The van der Waals surface area contributed by atoms with Crippen molar-refractivity contribution in [1.29, 1.82) is 0 Å². The Morgan fingerprint density at radius 2 is 1.02 bits per heavy atom. The number of carbonyl (C=O) groups excluding carboxylic acids is 2. The molecule has 21 nitrogen and oxygen atoms in total. The number of ether oxygens (including phenoxy) is 6. The number of amides is 1. The van der Waals surface area contributed by atoms with Crippen LogP contribution >= 0.6 is 0 Å². The number of rotatable bonds is 12. The summed E-state index contributed by atoms with van der Waals surface area (Å²) >= 11 is 0. The molecule has 0 spiro atoms. The lowest BCUT2D eigenvalue weighted by Gasteiger charge is -2.48. The van der Waals surface area contributed by atoms with Crippen LogP contribution in [0.1, 0.15) is 19.3 Å². The van der Waals surface area contributed by atoms with E-state index in [1.165, 1.54) is 14.2 Å². The fraction of sp³-hybridized carbons (Fsp3) is 0.867. The van der Waals surface area contributed by atoms with Crippen LogP contribution in [-0.4, -0.2) is 200 Å². The van der Waals surface area contributed by atoms with Gasteiger partial charge in [-0.1, -0.05) is 0 Å². The van der Waals surface area contributed by atoms with Crippen molar-refractivity contribution < 1.29 is 98.7 Å². The van der Waals surface area contributed by atoms with Gasteiger partial charge < -0.3 is 89.6 Å². The maximum Gasteiger partial charge on any atom is 0.335 e. The quantitative estimate of drug-likeness (QED) is 0.0829. The van der Waals surface area contributed by atoms with Crippen LogP contribution in [0.25, 0.3) is 0 Å². The second-order valence-corrected chi connectivity index (χ2v) is 13.2. The number of aliphatic carboxylic acids is 2. The van der Waals surface area contributed by atoms with Gasteiger partial charge in [-0.2, -0.15) is 0 Å². The molecule has 1 amide bonds. The molecule has 4 saturated heterocycles. The molecule has 4 heterocycles. The third-order valence-corrected chi connectivity index (χ3v) is 10.4. The Bertz CT molecular complexity index is 1230. The summed E-state index contributed by atoms with van der Waals surface area (Å²) in [7, 11) is 3.50. The van der Waals surface area contributed by atoms with E-state index in [4.69, 9.17) is 28.4 Å². The average Bonchev–Trinajstić information content (AvgIpc) is 3.10. The topological polar surface area (TPSA) is 338 Å². The molecule has 20 unspecified atom stereocenters. The maximum atomic E-state index is 13.0. The number of carboxylic acid groups (broad SMARTS) is 2. The largest absolute Gasteiger partial charge is 0.479 e. The lowest BCUT2D eigenvalue weighted by atomic mass is 9.75. The first-order chi connectivity index (χ1) is 24.0. The minimum atomic E-state index is -1.94. The lowest BCUT2D eigenvalue weighted by molar-refractivity contribution is -0.279. The summed E-state index contributed by atoms with van der Waals surface area (Å²) < 4.78 is 32.2. The highest BCUT2D eigenvalue weighted by molar-refractivity contribution is 5.81. The Hall–Kier alpha value is -2.48. The van der Waals surface area contributed by atoms with Crippen molar-refractivity contribution in [3.8, 4) is 0 Å². The number of carbonyl (C=O) groups is 4. The summed E-state index contributed by atoms with van der Waals surface area (Å²) in [5.41, 5.74) is 0. The van der Waals surface area contributed by atoms with Gasteiger partial charge >= 0.3 is 11.9 Å². The second kappa shape index (κ2) is 17.1. The fourth-order valence-corrected chi connectivity index (χ4v) is 7.55. The Kier molecular flexibility index (Phi) is 13.9. The Morgan fingerprint density at radius 3 is 1.47 bits per heavy atom. The van der Waals surface area contributed by atoms with E-state index in [-0.39, 0.29) is 0 Å². The molecule has 292 valence electrons. The van der Waals surface area contributed by atoms with Crippen LogP contribution in [0.5, 0.6) is 0 Å². The van der Waals surface area contributed by atoms with Crippen LogP contribution in [-0.2, 0) is 47.6 Å². The maximum absolute atomic E-state index is 13.0. The van der Waals surface area contributed by atoms with E-state index >= 15 is 0 Å². The van der Waals surface area contributed by atoms with Gasteiger partial charge in [0.2, 0.25) is 5.91 Å². The lowest BCUT2D eigenvalue weighted by Crippen LogP contribution is -2.64. The average molecular weight is 742 g/mol. The van der Waals surface area contributed by atoms with Crippen LogP contribution in [0.3, 0.4) is 0 Å². The number of aliphatic hydroxyl groups excluding tert-OH is 8. The number of aliphatic hydroxyl groups is 8. The zero-order chi connectivity index (χ0) is 38.1. The molecule has 0 aromatic carbocycles. The van der Waals surface area contributed by atoms with E-state index in [2.05, 4.69) is 5.32 Å². The van der Waals surface area contributed by atoms with E-state index < -0.39 is 159 Å². The molecule has 4 rings (SSSR count). The van der Waals surface area contributed by atoms with Crippen molar-refractivity contribution in [2.24, 2.45) is 17.8 Å². The normalized spacial score (nSPS) is 47.7. The molecule has 4 fully saturated rings. The monoisotopic (exact) mass is 741 g/mol. The van der Waals surface area contributed by atoms with Gasteiger partial charge in [0.15, 0.2) is 18.5 Å². The molecule has 21 heteroatoms. The molecule has 20 atom stereocenters. The first kappa shape index (κ1) is 41.3. The van der Waals surface area contributed by atoms with Crippen molar-refractivity contribution in [3.63, 3.8) is 0 Å². The molecular formula is C30H47NO20. The van der Waals surface area contributed by atoms with Gasteiger partial charge in [-0.05, 0) is 19.3 Å². The van der Waals surface area contributed by atoms with E-state index in [1.807, 2.05) is 0 Å². The van der Waals surface area contributed by atoms with Gasteiger partial charge in [-0.15, -0.1) is 0 Å². The van der Waals surface area contributed by atoms with E-state index in [0.29, 0.717) is 6.29 Å². The van der Waals surface area contributed by atoms with Crippen molar-refractivity contribution >= 4 is 24.1 Å². The van der Waals surface area contributed by atoms with Gasteiger partial charge in [0.1, 0.15) is 55.1 Å². The smallest absolute Gasteiger partial charge is 0.335 e. The van der Waals surface area contributed by atoms with Crippen molar-refractivity contribution in [1.82, 2.24) is 5.32 Å². The third-order valence-electron chi connectivity index (χ3n) is 10.4. The van der Waals surface area contributed by atoms with Gasteiger partial charge in [-0.25, -0.2) is 9.59 Å². The van der Waals surface area contributed by atoms with Gasteiger partial charge in [-0.3, -0.25) is 4.79 Å². The minimum Gasteiger partial charge on any atom is -0.479 e. The molecule has 4 aliphatic heterocycles. The highest BCUT2D eigenvalue weighted by Gasteiger charge is 2.56. The van der Waals surface area contributed by atoms with E-state index in [0.717, 1.165) is 7.11 Å². The zero-order valence-electron chi connectivity index (χ0n) is 27.8.